The van der Waals surface area contributed by atoms with E-state index in [2.05, 4.69) is 31.0 Å². The van der Waals surface area contributed by atoms with Crippen LogP contribution in [0.4, 0.5) is 11.4 Å². The summed E-state index contributed by atoms with van der Waals surface area (Å²) in [5, 5.41) is 24.2. The van der Waals surface area contributed by atoms with Crippen molar-refractivity contribution >= 4 is 17.3 Å². The predicted octanol–water partition coefficient (Wildman–Crippen LogP) is 0.500. The van der Waals surface area contributed by atoms with Gasteiger partial charge in [0, 0.05) is 33.3 Å². The lowest BCUT2D eigenvalue weighted by Crippen LogP contribution is -2.39. The second-order valence-corrected chi connectivity index (χ2v) is 4.85. The minimum absolute atomic E-state index is 0.0577. The van der Waals surface area contributed by atoms with Crippen LogP contribution in [0.15, 0.2) is 35.6 Å². The first-order chi connectivity index (χ1) is 11.6. The Balaban J connectivity index is 1.76. The van der Waals surface area contributed by atoms with Crippen molar-refractivity contribution in [2.45, 2.75) is 6.54 Å². The van der Waals surface area contributed by atoms with E-state index in [0.29, 0.717) is 31.3 Å². The Bertz CT molecular complexity index is 712. The molecule has 10 heteroatoms. The third-order valence-electron chi connectivity index (χ3n) is 3.28. The van der Waals surface area contributed by atoms with E-state index < -0.39 is 4.92 Å². The van der Waals surface area contributed by atoms with Crippen LogP contribution in [0.25, 0.3) is 0 Å². The van der Waals surface area contributed by atoms with Gasteiger partial charge in [-0.25, -0.2) is 4.98 Å². The maximum atomic E-state index is 10.9. The molecule has 1 heterocycles. The number of anilines is 1. The molecule has 1 aromatic heterocycles. The Kier molecular flexibility index (Phi) is 6.06. The zero-order valence-corrected chi connectivity index (χ0v) is 13.6. The summed E-state index contributed by atoms with van der Waals surface area (Å²) in [4.78, 5) is 18.8. The standard InChI is InChI=1S/C14H20N8O2/c1-15-14(18-9-13-19-10-20-21(13)2)17-8-7-16-11-5-3-4-6-12(11)22(23)24/h3-6,10,16H,7-9H2,1-2H3,(H2,15,17,18). The number of aryl methyl sites for hydroxylation is 1. The molecule has 0 atom stereocenters. The number of hydrogen-bond acceptors (Lipinski definition) is 6. The summed E-state index contributed by atoms with van der Waals surface area (Å²) in [6.07, 6.45) is 1.49. The molecule has 2 aromatic rings. The third-order valence-corrected chi connectivity index (χ3v) is 3.28. The second-order valence-electron chi connectivity index (χ2n) is 4.85. The molecule has 10 nitrogen and oxygen atoms in total. The quantitative estimate of drug-likeness (QED) is 0.222. The number of hydrogen-bond donors (Lipinski definition) is 3. The van der Waals surface area contributed by atoms with Gasteiger partial charge in [0.2, 0.25) is 0 Å². The van der Waals surface area contributed by atoms with Crippen LogP contribution in [0.2, 0.25) is 0 Å². The Labute approximate surface area is 139 Å². The van der Waals surface area contributed by atoms with E-state index in [1.165, 1.54) is 12.4 Å². The number of nitrogens with one attached hydrogen (secondary N) is 3. The van der Waals surface area contributed by atoms with Crippen molar-refractivity contribution in [2.75, 3.05) is 25.5 Å². The molecule has 0 bridgehead atoms. The molecule has 0 amide bonds. The second kappa shape index (κ2) is 8.46. The van der Waals surface area contributed by atoms with E-state index in [1.54, 1.807) is 29.9 Å². The van der Waals surface area contributed by atoms with Crippen molar-refractivity contribution in [1.82, 2.24) is 25.4 Å². The van der Waals surface area contributed by atoms with E-state index in [9.17, 15) is 10.1 Å². The van der Waals surface area contributed by atoms with E-state index >= 15 is 0 Å². The number of aromatic nitrogens is 3. The van der Waals surface area contributed by atoms with Crippen LogP contribution in [-0.2, 0) is 13.6 Å². The first kappa shape index (κ1) is 17.2. The van der Waals surface area contributed by atoms with E-state index in [-0.39, 0.29) is 5.69 Å². The predicted molar refractivity (Wildman–Crippen MR) is 90.8 cm³/mol. The molecule has 24 heavy (non-hydrogen) atoms. The number of para-hydroxylation sites is 2. The average Bonchev–Trinajstić information content (AvgIpc) is 2.99. The molecule has 2 rings (SSSR count). The summed E-state index contributed by atoms with van der Waals surface area (Å²) in [6.45, 7) is 1.55. The summed E-state index contributed by atoms with van der Waals surface area (Å²) < 4.78 is 1.68. The maximum absolute atomic E-state index is 10.9. The highest BCUT2D eigenvalue weighted by Crippen LogP contribution is 2.22. The van der Waals surface area contributed by atoms with Gasteiger partial charge in [0.1, 0.15) is 17.8 Å². The fourth-order valence-corrected chi connectivity index (χ4v) is 2.02. The third kappa shape index (κ3) is 4.66. The molecule has 0 aliphatic rings. The van der Waals surface area contributed by atoms with Crippen molar-refractivity contribution in [3.63, 3.8) is 0 Å². The molecular weight excluding hydrogens is 312 g/mol. The molecule has 1 aromatic carbocycles. The van der Waals surface area contributed by atoms with Gasteiger partial charge in [0.15, 0.2) is 5.96 Å². The van der Waals surface area contributed by atoms with Crippen LogP contribution < -0.4 is 16.0 Å². The lowest BCUT2D eigenvalue weighted by Gasteiger charge is -2.12. The molecule has 0 aliphatic carbocycles. The normalized spacial score (nSPS) is 11.2. The van der Waals surface area contributed by atoms with E-state index in [4.69, 9.17) is 0 Å². The fourth-order valence-electron chi connectivity index (χ4n) is 2.02. The molecule has 0 saturated heterocycles. The molecule has 128 valence electrons. The number of nitro benzene ring substituents is 1. The highest BCUT2D eigenvalue weighted by atomic mass is 16.6. The number of guanidine groups is 1. The molecule has 0 unspecified atom stereocenters. The molecule has 0 saturated carbocycles. The topological polar surface area (TPSA) is 122 Å². The molecule has 0 fully saturated rings. The van der Waals surface area contributed by atoms with Gasteiger partial charge < -0.3 is 16.0 Å². The summed E-state index contributed by atoms with van der Waals surface area (Å²) in [7, 11) is 3.48. The van der Waals surface area contributed by atoms with Gasteiger partial charge in [-0.2, -0.15) is 5.10 Å². The largest absolute Gasteiger partial charge is 0.378 e. The molecule has 0 spiro atoms. The van der Waals surface area contributed by atoms with Crippen LogP contribution in [0, 0.1) is 10.1 Å². The molecular formula is C14H20N8O2. The van der Waals surface area contributed by atoms with E-state index in [0.717, 1.165) is 5.82 Å². The Morgan fingerprint density at radius 3 is 2.79 bits per heavy atom. The van der Waals surface area contributed by atoms with Gasteiger partial charge in [-0.05, 0) is 6.07 Å². The number of nitrogens with zero attached hydrogens (tertiary/aromatic N) is 5. The number of nitro groups is 1. The highest BCUT2D eigenvalue weighted by Gasteiger charge is 2.11. The lowest BCUT2D eigenvalue weighted by atomic mass is 10.2. The lowest BCUT2D eigenvalue weighted by molar-refractivity contribution is -0.384. The molecule has 0 radical (unpaired) electrons. The van der Waals surface area contributed by atoms with Gasteiger partial charge in [-0.1, -0.05) is 12.1 Å². The highest BCUT2D eigenvalue weighted by molar-refractivity contribution is 5.79. The molecule has 3 N–H and O–H groups in total. The smallest absolute Gasteiger partial charge is 0.292 e. The van der Waals surface area contributed by atoms with Crippen molar-refractivity contribution in [2.24, 2.45) is 12.0 Å². The molecule has 0 aliphatic heterocycles. The van der Waals surface area contributed by atoms with Crippen LogP contribution in [0.3, 0.4) is 0 Å². The van der Waals surface area contributed by atoms with Crippen LogP contribution in [-0.4, -0.2) is 45.8 Å². The van der Waals surface area contributed by atoms with Crippen molar-refractivity contribution in [3.05, 3.63) is 46.5 Å². The summed E-state index contributed by atoms with van der Waals surface area (Å²) >= 11 is 0. The Hall–Kier alpha value is -3.17. The number of aliphatic imine (C=N–C) groups is 1. The first-order valence-corrected chi connectivity index (χ1v) is 7.36. The number of benzene rings is 1. The van der Waals surface area contributed by atoms with Gasteiger partial charge in [-0.3, -0.25) is 19.8 Å². The van der Waals surface area contributed by atoms with Gasteiger partial charge >= 0.3 is 0 Å². The SMILES string of the molecule is CN=C(NCCNc1ccccc1[N+](=O)[O-])NCc1ncnn1C. The maximum Gasteiger partial charge on any atom is 0.292 e. The minimum Gasteiger partial charge on any atom is -0.378 e. The summed E-state index contributed by atoms with van der Waals surface area (Å²) in [5.41, 5.74) is 0.550. The van der Waals surface area contributed by atoms with Gasteiger partial charge in [0.05, 0.1) is 11.5 Å². The van der Waals surface area contributed by atoms with Crippen molar-refractivity contribution in [3.8, 4) is 0 Å². The first-order valence-electron chi connectivity index (χ1n) is 7.36. The summed E-state index contributed by atoms with van der Waals surface area (Å²) in [5.74, 6) is 1.40. The Morgan fingerprint density at radius 1 is 1.33 bits per heavy atom. The van der Waals surface area contributed by atoms with Crippen LogP contribution in [0.1, 0.15) is 5.82 Å². The van der Waals surface area contributed by atoms with Crippen molar-refractivity contribution < 1.29 is 4.92 Å². The monoisotopic (exact) mass is 332 g/mol. The van der Waals surface area contributed by atoms with E-state index in [1.807, 2.05) is 7.05 Å². The zero-order chi connectivity index (χ0) is 17.4. The minimum atomic E-state index is -0.406. The van der Waals surface area contributed by atoms with Gasteiger partial charge in [0.25, 0.3) is 5.69 Å². The van der Waals surface area contributed by atoms with Crippen LogP contribution >= 0.6 is 0 Å². The number of rotatable bonds is 7. The van der Waals surface area contributed by atoms with Crippen molar-refractivity contribution in [1.29, 1.82) is 0 Å². The van der Waals surface area contributed by atoms with Gasteiger partial charge in [-0.15, -0.1) is 0 Å². The zero-order valence-electron chi connectivity index (χ0n) is 13.6. The van der Waals surface area contributed by atoms with Crippen LogP contribution in [0.5, 0.6) is 0 Å². The fraction of sp³-hybridized carbons (Fsp3) is 0.357. The summed E-state index contributed by atoms with van der Waals surface area (Å²) in [6, 6.07) is 6.54. The average molecular weight is 332 g/mol. The Morgan fingerprint density at radius 2 is 2.12 bits per heavy atom.